The minimum Gasteiger partial charge on any atom is -0.310 e. The third-order valence-corrected chi connectivity index (χ3v) is 11.2. The van der Waals surface area contributed by atoms with E-state index in [1.807, 2.05) is 95.9 Å². The first-order valence-electron chi connectivity index (χ1n) is 21.6. The summed E-state index contributed by atoms with van der Waals surface area (Å²) < 4.78 is 40.7. The van der Waals surface area contributed by atoms with Crippen molar-refractivity contribution in [3.8, 4) is 39.1 Å². The van der Waals surface area contributed by atoms with E-state index in [-0.39, 0.29) is 35.4 Å². The summed E-state index contributed by atoms with van der Waals surface area (Å²) in [6, 6.07) is 69.6. The summed E-state index contributed by atoms with van der Waals surface area (Å²) in [4.78, 5) is 1.88. The highest BCUT2D eigenvalue weighted by molar-refractivity contribution is 6.16. The van der Waals surface area contributed by atoms with Gasteiger partial charge in [0.15, 0.2) is 0 Å². The zero-order valence-corrected chi connectivity index (χ0v) is 31.5. The molecule has 0 amide bonds. The van der Waals surface area contributed by atoms with Crippen molar-refractivity contribution >= 4 is 60.4 Å². The molecule has 0 fully saturated rings. The molecule has 0 atom stereocenters. The van der Waals surface area contributed by atoms with Gasteiger partial charge in [0.25, 0.3) is 0 Å². The molecule has 0 aliphatic rings. The predicted octanol–water partition coefficient (Wildman–Crippen LogP) is 15.6. The molecule has 11 rings (SSSR count). The summed E-state index contributed by atoms with van der Waals surface area (Å²) in [6.07, 6.45) is 0. The van der Waals surface area contributed by atoms with Crippen molar-refractivity contribution in [3.63, 3.8) is 0 Å². The normalized spacial score (nSPS) is 12.4. The highest BCUT2D eigenvalue weighted by atomic mass is 15.1. The van der Waals surface area contributed by atoms with Crippen LogP contribution in [0.15, 0.2) is 230 Å². The summed E-state index contributed by atoms with van der Waals surface area (Å²) >= 11 is 0. The van der Waals surface area contributed by atoms with E-state index in [1.54, 1.807) is 0 Å². The zero-order chi connectivity index (χ0) is 41.9. The topological polar surface area (TPSA) is 8.17 Å². The molecule has 0 saturated heterocycles. The van der Waals surface area contributed by atoms with Crippen LogP contribution < -0.4 is 4.90 Å². The maximum Gasteiger partial charge on any atom is 0.0645 e. The molecule has 0 saturated carbocycles. The summed E-state index contributed by atoms with van der Waals surface area (Å²) in [5.41, 5.74) is 9.92. The lowest BCUT2D eigenvalue weighted by Gasteiger charge is -2.26. The second kappa shape index (κ2) is 14.1. The van der Waals surface area contributed by atoms with E-state index in [4.69, 9.17) is 0 Å². The van der Waals surface area contributed by atoms with Gasteiger partial charge in [-0.15, -0.1) is 0 Å². The molecule has 2 heteroatoms. The van der Waals surface area contributed by atoms with Crippen molar-refractivity contribution in [1.29, 1.82) is 0 Å². The number of para-hydroxylation sites is 2. The number of aromatic nitrogens is 1. The van der Waals surface area contributed by atoms with Gasteiger partial charge in [-0.3, -0.25) is 0 Å². The lowest BCUT2D eigenvalue weighted by molar-refractivity contribution is 1.18. The van der Waals surface area contributed by atoms with Crippen molar-refractivity contribution in [3.05, 3.63) is 230 Å². The first kappa shape index (κ1) is 29.6. The number of anilines is 3. The van der Waals surface area contributed by atoms with Crippen molar-refractivity contribution in [1.82, 2.24) is 4.57 Å². The molecular weight excluding hydrogens is 701 g/mol. The summed E-state index contributed by atoms with van der Waals surface area (Å²) in [5.74, 6) is 0. The van der Waals surface area contributed by atoms with Crippen LogP contribution in [0.4, 0.5) is 17.1 Å². The van der Waals surface area contributed by atoms with Gasteiger partial charge in [-0.25, -0.2) is 0 Å². The molecule has 272 valence electrons. The predicted molar refractivity (Wildman–Crippen MR) is 247 cm³/mol. The van der Waals surface area contributed by atoms with Crippen LogP contribution in [0.3, 0.4) is 0 Å². The van der Waals surface area contributed by atoms with Crippen LogP contribution in [-0.4, -0.2) is 4.57 Å². The fraction of sp³-hybridized carbons (Fsp3) is 0. The van der Waals surface area contributed by atoms with Crippen LogP contribution in [0.2, 0.25) is 0 Å². The lowest BCUT2D eigenvalue weighted by atomic mass is 9.97. The number of rotatable bonds is 7. The van der Waals surface area contributed by atoms with E-state index in [2.05, 4.69) is 120 Å². The van der Waals surface area contributed by atoms with Gasteiger partial charge in [0.2, 0.25) is 0 Å². The molecule has 0 spiro atoms. The molecule has 11 aromatic rings. The number of nitrogens with zero attached hydrogens (tertiary/aromatic N) is 2. The molecule has 0 aliphatic carbocycles. The first-order valence-corrected chi connectivity index (χ1v) is 19.6. The molecule has 2 nitrogen and oxygen atoms in total. The molecule has 10 aromatic carbocycles. The Morgan fingerprint density at radius 2 is 0.966 bits per heavy atom. The van der Waals surface area contributed by atoms with Gasteiger partial charge in [0, 0.05) is 33.5 Å². The molecule has 0 radical (unpaired) electrons. The van der Waals surface area contributed by atoms with Crippen LogP contribution in [0.1, 0.15) is 5.48 Å². The van der Waals surface area contributed by atoms with E-state index in [9.17, 15) is 5.48 Å². The Morgan fingerprint density at radius 1 is 0.345 bits per heavy atom. The quantitative estimate of drug-likeness (QED) is 0.148. The second-order valence-electron chi connectivity index (χ2n) is 14.6. The molecule has 0 N–H and O–H groups in total. The van der Waals surface area contributed by atoms with Gasteiger partial charge in [0.05, 0.1) is 16.5 Å². The van der Waals surface area contributed by atoms with E-state index in [1.165, 1.54) is 0 Å². The lowest BCUT2D eigenvalue weighted by Crippen LogP contribution is -2.10. The monoisotopic (exact) mass is 742 g/mol. The van der Waals surface area contributed by atoms with Gasteiger partial charge >= 0.3 is 0 Å². The van der Waals surface area contributed by atoms with Crippen LogP contribution in [-0.2, 0) is 0 Å². The fourth-order valence-electron chi connectivity index (χ4n) is 8.50. The Balaban J connectivity index is 1.10. The van der Waals surface area contributed by atoms with Gasteiger partial charge in [-0.1, -0.05) is 164 Å². The molecule has 1 heterocycles. The third-order valence-electron chi connectivity index (χ3n) is 11.2. The van der Waals surface area contributed by atoms with E-state index >= 15 is 0 Å². The number of fused-ring (bicyclic) bond motifs is 6. The van der Waals surface area contributed by atoms with Gasteiger partial charge in [-0.05, 0) is 122 Å². The largest absolute Gasteiger partial charge is 0.310 e. The Morgan fingerprint density at radius 3 is 1.79 bits per heavy atom. The smallest absolute Gasteiger partial charge is 0.0645 e. The van der Waals surface area contributed by atoms with Gasteiger partial charge in [0.1, 0.15) is 0 Å². The number of hydrogen-bond donors (Lipinski definition) is 0. The minimum absolute atomic E-state index is 0.0957. The molecule has 58 heavy (non-hydrogen) atoms. The summed E-state index contributed by atoms with van der Waals surface area (Å²) in [7, 11) is 0. The van der Waals surface area contributed by atoms with E-state index in [0.29, 0.717) is 16.9 Å². The molecular formula is C56H38N2. The van der Waals surface area contributed by atoms with Crippen LogP contribution >= 0.6 is 0 Å². The Kier molecular flexibility index (Phi) is 7.20. The van der Waals surface area contributed by atoms with Crippen molar-refractivity contribution in [2.24, 2.45) is 0 Å². The average Bonchev–Trinajstić information content (AvgIpc) is 3.67. The Bertz CT molecular complexity index is 3480. The standard InChI is InChI=1S/C56H38N2/c1-3-13-39(14-4-1)40-27-32-47(33-28-40)57(48-34-29-41(30-35-48)43-31-36-51-45(37-43)26-25-42-15-7-8-20-50(42)51)49-19-11-16-44(38-49)52-22-12-24-55-56(52)53-21-9-10-23-54(53)58(55)46-17-5-2-6-18-46/h1-38H/i29D,30D,34D,35D. The third kappa shape index (κ3) is 5.82. The maximum atomic E-state index is 9.66. The number of hydrogen-bond acceptors (Lipinski definition) is 1. The van der Waals surface area contributed by atoms with Crippen molar-refractivity contribution in [2.45, 2.75) is 0 Å². The molecule has 0 unspecified atom stereocenters. The van der Waals surface area contributed by atoms with Crippen LogP contribution in [0.25, 0.3) is 82.4 Å². The van der Waals surface area contributed by atoms with Crippen LogP contribution in [0.5, 0.6) is 0 Å². The maximum absolute atomic E-state index is 9.66. The average molecular weight is 743 g/mol. The summed E-state index contributed by atoms with van der Waals surface area (Å²) in [5, 5.41) is 6.57. The minimum atomic E-state index is -0.120. The highest BCUT2D eigenvalue weighted by Crippen LogP contribution is 2.42. The molecule has 0 bridgehead atoms. The zero-order valence-electron chi connectivity index (χ0n) is 35.5. The van der Waals surface area contributed by atoms with E-state index in [0.717, 1.165) is 71.3 Å². The Labute approximate surface area is 343 Å². The molecule has 1 aromatic heterocycles. The van der Waals surface area contributed by atoms with Crippen LogP contribution in [0, 0.1) is 0 Å². The van der Waals surface area contributed by atoms with Crippen molar-refractivity contribution < 1.29 is 5.48 Å². The first-order chi connectivity index (χ1) is 30.4. The number of benzene rings is 10. The second-order valence-corrected chi connectivity index (χ2v) is 14.6. The Hall–Kier alpha value is -7.68. The summed E-state index contributed by atoms with van der Waals surface area (Å²) in [6.45, 7) is 0. The van der Waals surface area contributed by atoms with Crippen molar-refractivity contribution in [2.75, 3.05) is 4.90 Å². The fourth-order valence-corrected chi connectivity index (χ4v) is 8.50. The SMILES string of the molecule is [2H]c1c([2H])c(N(c2ccc(-c3ccccc3)cc2)c2cccc(-c3cccc4c3c3ccccc3n4-c3ccccc3)c2)c([2H])c([2H])c1-c1ccc2c(ccc3ccccc32)c1. The van der Waals surface area contributed by atoms with Gasteiger partial charge in [-0.2, -0.15) is 0 Å². The molecule has 0 aliphatic heterocycles. The highest BCUT2D eigenvalue weighted by Gasteiger charge is 2.18. The van der Waals surface area contributed by atoms with E-state index < -0.39 is 0 Å². The van der Waals surface area contributed by atoms with Gasteiger partial charge < -0.3 is 9.47 Å².